The van der Waals surface area contributed by atoms with E-state index in [0.29, 0.717) is 11.4 Å². The van der Waals surface area contributed by atoms with Crippen molar-refractivity contribution in [1.29, 1.82) is 0 Å². The topological polar surface area (TPSA) is 78.0 Å². The Balaban J connectivity index is 2.17. The number of aliphatic hydroxyl groups is 1. The molecule has 0 aliphatic heterocycles. The Kier molecular flexibility index (Phi) is 3.87. The van der Waals surface area contributed by atoms with Crippen molar-refractivity contribution in [2.24, 2.45) is 0 Å². The maximum Gasteiger partial charge on any atom is 0.269 e. The van der Waals surface area contributed by atoms with Gasteiger partial charge >= 0.3 is 0 Å². The van der Waals surface area contributed by atoms with Crippen LogP contribution in [0.4, 0.5) is 0 Å². The summed E-state index contributed by atoms with van der Waals surface area (Å²) in [6, 6.07) is 11.3. The zero-order valence-electron chi connectivity index (χ0n) is 12.8. The normalized spacial score (nSPS) is 12.2. The SMILES string of the molecule is CC(C)(O)C(C)(C)NC(=O)c1cc(-c2ccccc2)n[nH]1. The maximum atomic E-state index is 12.3. The van der Waals surface area contributed by atoms with Crippen molar-refractivity contribution in [2.75, 3.05) is 0 Å². The van der Waals surface area contributed by atoms with Gasteiger partial charge < -0.3 is 10.4 Å². The Morgan fingerprint density at radius 1 is 1.19 bits per heavy atom. The van der Waals surface area contributed by atoms with Crippen LogP contribution < -0.4 is 5.32 Å². The summed E-state index contributed by atoms with van der Waals surface area (Å²) < 4.78 is 0. The number of benzene rings is 1. The average molecular weight is 287 g/mol. The van der Waals surface area contributed by atoms with Crippen molar-refractivity contribution >= 4 is 5.91 Å². The molecule has 5 nitrogen and oxygen atoms in total. The number of hydrogen-bond acceptors (Lipinski definition) is 3. The second kappa shape index (κ2) is 5.33. The zero-order chi connectivity index (χ0) is 15.7. The predicted octanol–water partition coefficient (Wildman–Crippen LogP) is 2.36. The molecule has 0 radical (unpaired) electrons. The highest BCUT2D eigenvalue weighted by molar-refractivity contribution is 5.93. The fourth-order valence-corrected chi connectivity index (χ4v) is 1.70. The number of nitrogens with zero attached hydrogens (tertiary/aromatic N) is 1. The summed E-state index contributed by atoms with van der Waals surface area (Å²) in [5.74, 6) is -0.295. The molecule has 0 aliphatic rings. The molecule has 0 saturated carbocycles. The van der Waals surface area contributed by atoms with E-state index in [4.69, 9.17) is 0 Å². The van der Waals surface area contributed by atoms with Gasteiger partial charge in [-0.1, -0.05) is 30.3 Å². The van der Waals surface area contributed by atoms with Gasteiger partial charge in [-0.3, -0.25) is 9.89 Å². The molecule has 0 unspecified atom stereocenters. The first-order valence-electron chi connectivity index (χ1n) is 6.86. The lowest BCUT2D eigenvalue weighted by Crippen LogP contribution is -2.57. The van der Waals surface area contributed by atoms with Crippen LogP contribution in [0, 0.1) is 0 Å². The van der Waals surface area contributed by atoms with Crippen LogP contribution in [-0.4, -0.2) is 32.4 Å². The standard InChI is InChI=1S/C16H21N3O2/c1-15(2,16(3,4)21)17-14(20)13-10-12(18-19-13)11-8-6-5-7-9-11/h5-10,21H,1-4H3,(H,17,20)(H,18,19). The van der Waals surface area contributed by atoms with Crippen LogP contribution in [0.2, 0.25) is 0 Å². The molecule has 1 heterocycles. The number of hydrogen-bond donors (Lipinski definition) is 3. The highest BCUT2D eigenvalue weighted by Crippen LogP contribution is 2.22. The second-order valence-electron chi connectivity index (χ2n) is 6.17. The van der Waals surface area contributed by atoms with Gasteiger partial charge in [0.1, 0.15) is 5.69 Å². The second-order valence-corrected chi connectivity index (χ2v) is 6.17. The van der Waals surface area contributed by atoms with Crippen LogP contribution in [0.3, 0.4) is 0 Å². The number of carbonyl (C=O) groups excluding carboxylic acids is 1. The summed E-state index contributed by atoms with van der Waals surface area (Å²) in [7, 11) is 0. The van der Waals surface area contributed by atoms with E-state index in [2.05, 4.69) is 15.5 Å². The molecule has 3 N–H and O–H groups in total. The van der Waals surface area contributed by atoms with Gasteiger partial charge in [0.25, 0.3) is 5.91 Å². The molecule has 21 heavy (non-hydrogen) atoms. The monoisotopic (exact) mass is 287 g/mol. The molecule has 5 heteroatoms. The van der Waals surface area contributed by atoms with Gasteiger partial charge in [-0.25, -0.2) is 0 Å². The van der Waals surface area contributed by atoms with Crippen LogP contribution in [0.1, 0.15) is 38.2 Å². The van der Waals surface area contributed by atoms with E-state index >= 15 is 0 Å². The quantitative estimate of drug-likeness (QED) is 0.807. The highest BCUT2D eigenvalue weighted by atomic mass is 16.3. The molecule has 0 atom stereocenters. The van der Waals surface area contributed by atoms with Crippen LogP contribution >= 0.6 is 0 Å². The molecule has 1 aromatic heterocycles. The van der Waals surface area contributed by atoms with Crippen molar-refractivity contribution < 1.29 is 9.90 Å². The molecule has 0 fully saturated rings. The van der Waals surface area contributed by atoms with Gasteiger partial charge in [-0.15, -0.1) is 0 Å². The Labute approximate surface area is 124 Å². The summed E-state index contributed by atoms with van der Waals surface area (Å²) in [5.41, 5.74) is 0.218. The van der Waals surface area contributed by atoms with Crippen LogP contribution in [0.15, 0.2) is 36.4 Å². The molecule has 1 amide bonds. The van der Waals surface area contributed by atoms with Crippen molar-refractivity contribution in [2.45, 2.75) is 38.8 Å². The lowest BCUT2D eigenvalue weighted by Gasteiger charge is -2.37. The van der Waals surface area contributed by atoms with Crippen molar-refractivity contribution in [3.05, 3.63) is 42.1 Å². The molecule has 1 aromatic carbocycles. The van der Waals surface area contributed by atoms with E-state index in [1.165, 1.54) is 0 Å². The van der Waals surface area contributed by atoms with Crippen molar-refractivity contribution in [3.63, 3.8) is 0 Å². The summed E-state index contributed by atoms with van der Waals surface area (Å²) in [5, 5.41) is 19.8. The molecular weight excluding hydrogens is 266 g/mol. The third-order valence-electron chi connectivity index (χ3n) is 3.85. The Morgan fingerprint density at radius 3 is 2.38 bits per heavy atom. The van der Waals surface area contributed by atoms with Crippen LogP contribution in [0.5, 0.6) is 0 Å². The fraction of sp³-hybridized carbons (Fsp3) is 0.375. The minimum Gasteiger partial charge on any atom is -0.388 e. The van der Waals surface area contributed by atoms with Gasteiger partial charge in [0.05, 0.1) is 16.8 Å². The zero-order valence-corrected chi connectivity index (χ0v) is 12.8. The van der Waals surface area contributed by atoms with Crippen LogP contribution in [-0.2, 0) is 0 Å². The Hall–Kier alpha value is -2.14. The summed E-state index contributed by atoms with van der Waals surface area (Å²) >= 11 is 0. The van der Waals surface area contributed by atoms with Crippen LogP contribution in [0.25, 0.3) is 11.3 Å². The summed E-state index contributed by atoms with van der Waals surface area (Å²) in [6.45, 7) is 6.88. The largest absolute Gasteiger partial charge is 0.388 e. The first-order chi connectivity index (χ1) is 9.71. The molecule has 0 spiro atoms. The number of rotatable bonds is 4. The van der Waals surface area contributed by atoms with Gasteiger partial charge in [0, 0.05) is 5.56 Å². The van der Waals surface area contributed by atoms with Gasteiger partial charge in [0.2, 0.25) is 0 Å². The molecule has 112 valence electrons. The molecular formula is C16H21N3O2. The molecule has 2 aromatic rings. The molecule has 0 bridgehead atoms. The van der Waals surface area contributed by atoms with E-state index < -0.39 is 11.1 Å². The molecule has 2 rings (SSSR count). The van der Waals surface area contributed by atoms with E-state index in [1.807, 2.05) is 30.3 Å². The highest BCUT2D eigenvalue weighted by Gasteiger charge is 2.36. The maximum absolute atomic E-state index is 12.3. The first kappa shape index (κ1) is 15.3. The third-order valence-corrected chi connectivity index (χ3v) is 3.85. The van der Waals surface area contributed by atoms with E-state index in [1.54, 1.807) is 33.8 Å². The van der Waals surface area contributed by atoms with E-state index in [-0.39, 0.29) is 5.91 Å². The van der Waals surface area contributed by atoms with E-state index in [9.17, 15) is 9.90 Å². The van der Waals surface area contributed by atoms with Gasteiger partial charge in [-0.2, -0.15) is 5.10 Å². The molecule has 0 saturated heterocycles. The number of amides is 1. The third kappa shape index (κ3) is 3.31. The van der Waals surface area contributed by atoms with Gasteiger partial charge in [-0.05, 0) is 33.8 Å². The predicted molar refractivity (Wildman–Crippen MR) is 81.9 cm³/mol. The lowest BCUT2D eigenvalue weighted by atomic mass is 9.86. The fourth-order valence-electron chi connectivity index (χ4n) is 1.70. The molecule has 0 aliphatic carbocycles. The minimum atomic E-state index is -1.04. The number of nitrogens with one attached hydrogen (secondary N) is 2. The Morgan fingerprint density at radius 2 is 1.81 bits per heavy atom. The average Bonchev–Trinajstić information content (AvgIpc) is 2.87. The number of aromatic nitrogens is 2. The van der Waals surface area contributed by atoms with Crippen molar-refractivity contribution in [3.8, 4) is 11.3 Å². The number of aromatic amines is 1. The van der Waals surface area contributed by atoms with Crippen molar-refractivity contribution in [1.82, 2.24) is 15.5 Å². The Bertz CT molecular complexity index is 624. The smallest absolute Gasteiger partial charge is 0.269 e. The van der Waals surface area contributed by atoms with E-state index in [0.717, 1.165) is 5.56 Å². The minimum absolute atomic E-state index is 0.295. The summed E-state index contributed by atoms with van der Waals surface area (Å²) in [6.07, 6.45) is 0. The number of carbonyl (C=O) groups is 1. The first-order valence-corrected chi connectivity index (χ1v) is 6.86. The number of H-pyrrole nitrogens is 1. The summed E-state index contributed by atoms with van der Waals surface area (Å²) in [4.78, 5) is 12.3. The van der Waals surface area contributed by atoms with Gasteiger partial charge in [0.15, 0.2) is 0 Å². The lowest BCUT2D eigenvalue weighted by molar-refractivity contribution is -0.00302.